The zero-order valence-electron chi connectivity index (χ0n) is 10.4. The van der Waals surface area contributed by atoms with Crippen LogP contribution in [0.5, 0.6) is 0 Å². The molecule has 3 aromatic rings. The van der Waals surface area contributed by atoms with Crippen LogP contribution in [0, 0.1) is 12.7 Å². The quantitative estimate of drug-likeness (QED) is 0.765. The molecule has 0 fully saturated rings. The number of furan rings is 1. The fourth-order valence-electron chi connectivity index (χ4n) is 2.06. The summed E-state index contributed by atoms with van der Waals surface area (Å²) in [5.41, 5.74) is 8.58. The highest BCUT2D eigenvalue weighted by Gasteiger charge is 2.15. The van der Waals surface area contributed by atoms with Crippen molar-refractivity contribution in [3.63, 3.8) is 0 Å². The van der Waals surface area contributed by atoms with Gasteiger partial charge >= 0.3 is 0 Å². The molecule has 2 heterocycles. The number of aryl methyl sites for hydroxylation is 1. The van der Waals surface area contributed by atoms with Crippen molar-refractivity contribution in [3.05, 3.63) is 65.4 Å². The Labute approximate surface area is 109 Å². The first-order valence-electron chi connectivity index (χ1n) is 6.00. The van der Waals surface area contributed by atoms with E-state index >= 15 is 0 Å². The summed E-state index contributed by atoms with van der Waals surface area (Å²) < 4.78 is 18.8. The Kier molecular flexibility index (Phi) is 2.80. The van der Waals surface area contributed by atoms with Crippen LogP contribution >= 0.6 is 0 Å². The molecule has 0 aliphatic carbocycles. The highest BCUT2D eigenvalue weighted by atomic mass is 19.1. The fourth-order valence-corrected chi connectivity index (χ4v) is 2.06. The number of nitrogens with zero attached hydrogens (tertiary/aromatic N) is 1. The van der Waals surface area contributed by atoms with E-state index in [0.717, 1.165) is 11.3 Å². The molecule has 2 N–H and O–H groups in total. The first-order chi connectivity index (χ1) is 9.13. The monoisotopic (exact) mass is 256 g/mol. The van der Waals surface area contributed by atoms with Crippen LogP contribution in [0.2, 0.25) is 0 Å². The smallest absolute Gasteiger partial charge is 0.134 e. The molecule has 0 aliphatic heterocycles. The Balaban J connectivity index is 2.04. The molecule has 3 nitrogen and oxygen atoms in total. The van der Waals surface area contributed by atoms with E-state index in [1.165, 1.54) is 12.1 Å². The van der Waals surface area contributed by atoms with Gasteiger partial charge in [-0.25, -0.2) is 4.39 Å². The first kappa shape index (κ1) is 11.9. The largest absolute Gasteiger partial charge is 0.459 e. The van der Waals surface area contributed by atoms with Crippen molar-refractivity contribution >= 4 is 11.0 Å². The fraction of sp³-hybridized carbons (Fsp3) is 0.133. The number of pyridine rings is 1. The van der Waals surface area contributed by atoms with Crippen LogP contribution in [0.1, 0.15) is 23.1 Å². The third kappa shape index (κ3) is 2.22. The first-order valence-corrected chi connectivity index (χ1v) is 6.00. The van der Waals surface area contributed by atoms with Gasteiger partial charge < -0.3 is 10.2 Å². The summed E-state index contributed by atoms with van der Waals surface area (Å²) in [7, 11) is 0. The lowest BCUT2D eigenvalue weighted by molar-refractivity contribution is 0.520. The zero-order chi connectivity index (χ0) is 13.4. The summed E-state index contributed by atoms with van der Waals surface area (Å²) >= 11 is 0. The highest BCUT2D eigenvalue weighted by molar-refractivity contribution is 5.78. The van der Waals surface area contributed by atoms with E-state index in [1.807, 2.05) is 19.1 Å². The molecule has 0 saturated heterocycles. The molecule has 0 saturated carbocycles. The third-order valence-corrected chi connectivity index (χ3v) is 3.06. The minimum absolute atomic E-state index is 0.290. The van der Waals surface area contributed by atoms with Gasteiger partial charge in [-0.3, -0.25) is 4.98 Å². The molecule has 96 valence electrons. The van der Waals surface area contributed by atoms with Crippen LogP contribution in [0.4, 0.5) is 4.39 Å². The molecule has 1 unspecified atom stereocenters. The van der Waals surface area contributed by atoms with Crippen LogP contribution in [0.15, 0.2) is 47.0 Å². The van der Waals surface area contributed by atoms with Crippen molar-refractivity contribution in [3.8, 4) is 0 Å². The summed E-state index contributed by atoms with van der Waals surface area (Å²) in [5.74, 6) is 0.292. The minimum Gasteiger partial charge on any atom is -0.459 e. The summed E-state index contributed by atoms with van der Waals surface area (Å²) in [5, 5.41) is 0.707. The number of nitrogens with two attached hydrogens (primary N) is 1. The van der Waals surface area contributed by atoms with Gasteiger partial charge in [0.25, 0.3) is 0 Å². The Morgan fingerprint density at radius 1 is 1.21 bits per heavy atom. The number of halogens is 1. The predicted molar refractivity (Wildman–Crippen MR) is 71.2 cm³/mol. The zero-order valence-corrected chi connectivity index (χ0v) is 10.4. The average molecular weight is 256 g/mol. The molecule has 1 aromatic carbocycles. The van der Waals surface area contributed by atoms with Crippen molar-refractivity contribution in [2.75, 3.05) is 0 Å². The van der Waals surface area contributed by atoms with Crippen molar-refractivity contribution < 1.29 is 8.81 Å². The Morgan fingerprint density at radius 3 is 2.84 bits per heavy atom. The second-order valence-corrected chi connectivity index (χ2v) is 4.57. The van der Waals surface area contributed by atoms with Gasteiger partial charge in [-0.15, -0.1) is 0 Å². The third-order valence-electron chi connectivity index (χ3n) is 3.06. The Hall–Kier alpha value is -2.20. The van der Waals surface area contributed by atoms with Crippen molar-refractivity contribution in [1.82, 2.24) is 4.98 Å². The molecular formula is C15H13FN2O. The number of fused-ring (bicyclic) bond motifs is 1. The van der Waals surface area contributed by atoms with Crippen molar-refractivity contribution in [2.45, 2.75) is 13.0 Å². The number of aromatic nitrogens is 1. The molecule has 0 amide bonds. The normalized spacial score (nSPS) is 12.8. The van der Waals surface area contributed by atoms with E-state index in [4.69, 9.17) is 10.2 Å². The van der Waals surface area contributed by atoms with Gasteiger partial charge in [0, 0.05) is 11.6 Å². The van der Waals surface area contributed by atoms with Crippen LogP contribution in [-0.2, 0) is 0 Å². The lowest BCUT2D eigenvalue weighted by Gasteiger charge is -2.08. The van der Waals surface area contributed by atoms with Crippen LogP contribution in [0.25, 0.3) is 11.0 Å². The van der Waals surface area contributed by atoms with E-state index in [-0.39, 0.29) is 5.82 Å². The SMILES string of the molecule is Cc1ccnc(C(N)c2cc3cc(F)ccc3o2)c1. The molecule has 4 heteroatoms. The van der Waals surface area contributed by atoms with Gasteiger partial charge in [0.2, 0.25) is 0 Å². The van der Waals surface area contributed by atoms with Crippen LogP contribution in [-0.4, -0.2) is 4.98 Å². The van der Waals surface area contributed by atoms with Gasteiger partial charge in [-0.05, 0) is 48.9 Å². The van der Waals surface area contributed by atoms with Gasteiger partial charge in [0.05, 0.1) is 5.69 Å². The predicted octanol–water partition coefficient (Wildman–Crippen LogP) is 3.32. The maximum Gasteiger partial charge on any atom is 0.134 e. The molecule has 1 atom stereocenters. The minimum atomic E-state index is -0.449. The maximum atomic E-state index is 13.1. The van der Waals surface area contributed by atoms with Crippen molar-refractivity contribution in [1.29, 1.82) is 0 Å². The van der Waals surface area contributed by atoms with E-state index in [9.17, 15) is 4.39 Å². The molecular weight excluding hydrogens is 243 g/mol. The maximum absolute atomic E-state index is 13.1. The molecule has 0 radical (unpaired) electrons. The van der Waals surface area contributed by atoms with Gasteiger partial charge in [0.15, 0.2) is 0 Å². The molecule has 3 rings (SSSR count). The second kappa shape index (κ2) is 4.48. The van der Waals surface area contributed by atoms with E-state index in [2.05, 4.69) is 4.98 Å². The standard InChI is InChI=1S/C15H13FN2O/c1-9-4-5-18-12(6-9)15(17)14-8-10-7-11(16)2-3-13(10)19-14/h2-8,15H,17H2,1H3. The Bertz CT molecular complexity index is 736. The van der Waals surface area contributed by atoms with Crippen molar-refractivity contribution in [2.24, 2.45) is 5.73 Å². The van der Waals surface area contributed by atoms with E-state index in [1.54, 1.807) is 18.3 Å². The van der Waals surface area contributed by atoms with Gasteiger partial charge in [0.1, 0.15) is 23.2 Å². The van der Waals surface area contributed by atoms with E-state index in [0.29, 0.717) is 16.7 Å². The number of rotatable bonds is 2. The number of benzene rings is 1. The second-order valence-electron chi connectivity index (χ2n) is 4.57. The number of hydrogen-bond acceptors (Lipinski definition) is 3. The summed E-state index contributed by atoms with van der Waals surface area (Å²) in [6, 6.07) is 9.53. The molecule has 19 heavy (non-hydrogen) atoms. The van der Waals surface area contributed by atoms with Gasteiger partial charge in [-0.2, -0.15) is 0 Å². The summed E-state index contributed by atoms with van der Waals surface area (Å²) in [4.78, 5) is 4.24. The van der Waals surface area contributed by atoms with Crippen LogP contribution in [0.3, 0.4) is 0 Å². The van der Waals surface area contributed by atoms with Gasteiger partial charge in [-0.1, -0.05) is 0 Å². The number of hydrogen-bond donors (Lipinski definition) is 1. The topological polar surface area (TPSA) is 52.0 Å². The lowest BCUT2D eigenvalue weighted by Crippen LogP contribution is -2.12. The molecule has 2 aromatic heterocycles. The Morgan fingerprint density at radius 2 is 2.05 bits per heavy atom. The molecule has 0 bridgehead atoms. The molecule has 0 aliphatic rings. The summed E-state index contributed by atoms with van der Waals surface area (Å²) in [6.07, 6.45) is 1.72. The van der Waals surface area contributed by atoms with Crippen LogP contribution < -0.4 is 5.73 Å². The average Bonchev–Trinajstić information content (AvgIpc) is 2.80. The summed E-state index contributed by atoms with van der Waals surface area (Å²) in [6.45, 7) is 1.98. The van der Waals surface area contributed by atoms with E-state index < -0.39 is 6.04 Å². The lowest BCUT2D eigenvalue weighted by atomic mass is 10.1. The highest BCUT2D eigenvalue weighted by Crippen LogP contribution is 2.26. The molecule has 0 spiro atoms.